The Bertz CT molecular complexity index is 697. The summed E-state index contributed by atoms with van der Waals surface area (Å²) < 4.78 is 75.6. The lowest BCUT2D eigenvalue weighted by Gasteiger charge is -2.13. The molecular weight excluding hydrogens is 327 g/mol. The van der Waals surface area contributed by atoms with Crippen molar-refractivity contribution in [3.05, 3.63) is 47.7 Å². The maximum atomic E-state index is 12.7. The number of pyridine rings is 1. The molecule has 10 heteroatoms. The van der Waals surface area contributed by atoms with E-state index in [0.29, 0.717) is 6.20 Å². The second-order valence-electron chi connectivity index (χ2n) is 4.60. The Hall–Kier alpha value is -2.07. The number of benzene rings is 1. The van der Waals surface area contributed by atoms with Crippen molar-refractivity contribution in [2.45, 2.75) is 12.4 Å². The summed E-state index contributed by atoms with van der Waals surface area (Å²) in [6, 6.07) is 4.35. The van der Waals surface area contributed by atoms with Gasteiger partial charge < -0.3 is 10.0 Å². The fraction of sp³-hybridized carbons (Fsp3) is 0.154. The highest BCUT2D eigenvalue weighted by atomic mass is 19.4. The third kappa shape index (κ3) is 3.83. The lowest BCUT2D eigenvalue weighted by Crippen LogP contribution is -2.36. The van der Waals surface area contributed by atoms with Crippen molar-refractivity contribution in [3.63, 3.8) is 0 Å². The fourth-order valence-electron chi connectivity index (χ4n) is 1.91. The molecule has 0 amide bonds. The molecule has 2 aromatic rings. The van der Waals surface area contributed by atoms with Gasteiger partial charge in [0.25, 0.3) is 0 Å². The number of hydrogen-bond acceptors (Lipinski definition) is 3. The summed E-state index contributed by atoms with van der Waals surface area (Å²) in [4.78, 5) is 3.53. The molecule has 2 N–H and O–H groups in total. The Morgan fingerprint density at radius 2 is 1.43 bits per heavy atom. The number of halogens is 6. The maximum absolute atomic E-state index is 12.7. The van der Waals surface area contributed by atoms with Crippen LogP contribution in [0.25, 0.3) is 11.3 Å². The van der Waals surface area contributed by atoms with Gasteiger partial charge in [-0.15, -0.1) is 0 Å². The predicted octanol–water partition coefficient (Wildman–Crippen LogP) is 2.47. The van der Waals surface area contributed by atoms with Crippen LogP contribution in [-0.4, -0.2) is 22.2 Å². The zero-order valence-corrected chi connectivity index (χ0v) is 11.2. The molecule has 0 bridgehead atoms. The van der Waals surface area contributed by atoms with E-state index in [1.165, 1.54) is 0 Å². The van der Waals surface area contributed by atoms with Gasteiger partial charge in [0.15, 0.2) is 0 Å². The van der Waals surface area contributed by atoms with Crippen molar-refractivity contribution in [1.29, 1.82) is 0 Å². The monoisotopic (exact) mass is 335 g/mol. The zero-order valence-electron chi connectivity index (χ0n) is 11.2. The molecular formula is C13H8BF6NO2. The standard InChI is InChI=1S/C13H8BF6NO2/c15-12(16,17)8-3-1-7(2-4-8)11-5-10(14(22)23)9(6-21-11)13(18,19)20/h1-6,22-23H. The lowest BCUT2D eigenvalue weighted by molar-refractivity contribution is -0.138. The van der Waals surface area contributed by atoms with Crippen LogP contribution in [0.15, 0.2) is 36.5 Å². The zero-order chi connectivity index (χ0) is 17.4. The van der Waals surface area contributed by atoms with Gasteiger partial charge in [0.2, 0.25) is 0 Å². The first-order chi connectivity index (χ1) is 10.5. The molecule has 0 aliphatic carbocycles. The Kier molecular flexibility index (Phi) is 4.40. The van der Waals surface area contributed by atoms with E-state index in [0.717, 1.165) is 30.3 Å². The van der Waals surface area contributed by atoms with Crippen LogP contribution in [0.1, 0.15) is 11.1 Å². The summed E-state index contributed by atoms with van der Waals surface area (Å²) in [5.74, 6) is 0. The highest BCUT2D eigenvalue weighted by Crippen LogP contribution is 2.31. The number of rotatable bonds is 2. The molecule has 1 aromatic carbocycles. The molecule has 122 valence electrons. The molecule has 0 radical (unpaired) electrons. The van der Waals surface area contributed by atoms with Crippen LogP contribution >= 0.6 is 0 Å². The highest BCUT2D eigenvalue weighted by molar-refractivity contribution is 6.59. The van der Waals surface area contributed by atoms with Gasteiger partial charge in [-0.3, -0.25) is 4.98 Å². The van der Waals surface area contributed by atoms with E-state index in [2.05, 4.69) is 4.98 Å². The fourth-order valence-corrected chi connectivity index (χ4v) is 1.91. The van der Waals surface area contributed by atoms with E-state index in [-0.39, 0.29) is 11.3 Å². The maximum Gasteiger partial charge on any atom is 0.489 e. The van der Waals surface area contributed by atoms with Crippen LogP contribution in [0.5, 0.6) is 0 Å². The van der Waals surface area contributed by atoms with Gasteiger partial charge in [0.1, 0.15) is 0 Å². The van der Waals surface area contributed by atoms with E-state index in [9.17, 15) is 26.3 Å². The summed E-state index contributed by atoms with van der Waals surface area (Å²) in [5.41, 5.74) is -3.09. The third-order valence-electron chi connectivity index (χ3n) is 3.03. The van der Waals surface area contributed by atoms with Crippen LogP contribution in [0.3, 0.4) is 0 Å². The molecule has 1 heterocycles. The van der Waals surface area contributed by atoms with E-state index in [1.807, 2.05) is 0 Å². The molecule has 0 aliphatic heterocycles. The second-order valence-corrected chi connectivity index (χ2v) is 4.60. The first-order valence-corrected chi connectivity index (χ1v) is 6.11. The molecule has 0 spiro atoms. The lowest BCUT2D eigenvalue weighted by atomic mass is 9.77. The highest BCUT2D eigenvalue weighted by Gasteiger charge is 2.37. The number of alkyl halides is 6. The largest absolute Gasteiger partial charge is 0.489 e. The van der Waals surface area contributed by atoms with Crippen molar-refractivity contribution >= 4 is 12.6 Å². The molecule has 0 unspecified atom stereocenters. The van der Waals surface area contributed by atoms with Gasteiger partial charge >= 0.3 is 19.5 Å². The molecule has 0 aliphatic rings. The molecule has 23 heavy (non-hydrogen) atoms. The average molecular weight is 335 g/mol. The molecule has 0 saturated carbocycles. The van der Waals surface area contributed by atoms with Gasteiger partial charge in [0, 0.05) is 11.8 Å². The van der Waals surface area contributed by atoms with E-state index in [1.54, 1.807) is 0 Å². The van der Waals surface area contributed by atoms with E-state index in [4.69, 9.17) is 10.0 Å². The van der Waals surface area contributed by atoms with E-state index >= 15 is 0 Å². The molecule has 0 atom stereocenters. The quantitative estimate of drug-likeness (QED) is 0.655. The van der Waals surface area contributed by atoms with Crippen LogP contribution in [0.4, 0.5) is 26.3 Å². The summed E-state index contributed by atoms with van der Waals surface area (Å²) in [6.07, 6.45) is -8.98. The van der Waals surface area contributed by atoms with Crippen molar-refractivity contribution in [3.8, 4) is 11.3 Å². The van der Waals surface area contributed by atoms with Gasteiger partial charge in [-0.05, 0) is 23.7 Å². The number of aromatic nitrogens is 1. The normalized spacial score (nSPS) is 12.3. The minimum absolute atomic E-state index is 0.105. The van der Waals surface area contributed by atoms with Gasteiger partial charge in [-0.2, -0.15) is 26.3 Å². The minimum atomic E-state index is -4.84. The Labute approximate surface area is 126 Å². The first kappa shape index (κ1) is 17.3. The van der Waals surface area contributed by atoms with Crippen molar-refractivity contribution in [2.24, 2.45) is 0 Å². The van der Waals surface area contributed by atoms with Crippen LogP contribution in [0, 0.1) is 0 Å². The molecule has 3 nitrogen and oxygen atoms in total. The van der Waals surface area contributed by atoms with Crippen LogP contribution < -0.4 is 5.46 Å². The Morgan fingerprint density at radius 3 is 1.87 bits per heavy atom. The summed E-state index contributed by atoms with van der Waals surface area (Å²) in [6.45, 7) is 0. The molecule has 2 rings (SSSR count). The van der Waals surface area contributed by atoms with Crippen molar-refractivity contribution in [1.82, 2.24) is 4.98 Å². The van der Waals surface area contributed by atoms with E-state index < -0.39 is 36.1 Å². The van der Waals surface area contributed by atoms with Gasteiger partial charge in [-0.25, -0.2) is 0 Å². The molecule has 1 aromatic heterocycles. The third-order valence-corrected chi connectivity index (χ3v) is 3.03. The molecule has 0 fully saturated rings. The van der Waals surface area contributed by atoms with Crippen LogP contribution in [0.2, 0.25) is 0 Å². The summed E-state index contributed by atoms with van der Waals surface area (Å²) in [7, 11) is -2.40. The summed E-state index contributed by atoms with van der Waals surface area (Å²) >= 11 is 0. The minimum Gasteiger partial charge on any atom is -0.423 e. The SMILES string of the molecule is OB(O)c1cc(-c2ccc(C(F)(F)F)cc2)ncc1C(F)(F)F. The Morgan fingerprint density at radius 1 is 0.870 bits per heavy atom. The summed E-state index contributed by atoms with van der Waals surface area (Å²) in [5, 5.41) is 18.1. The van der Waals surface area contributed by atoms with Crippen LogP contribution in [-0.2, 0) is 12.4 Å². The molecule has 0 saturated heterocycles. The van der Waals surface area contributed by atoms with Crippen molar-refractivity contribution in [2.75, 3.05) is 0 Å². The average Bonchev–Trinajstić information content (AvgIpc) is 2.45. The van der Waals surface area contributed by atoms with Crippen molar-refractivity contribution < 1.29 is 36.4 Å². The first-order valence-electron chi connectivity index (χ1n) is 6.11. The predicted molar refractivity (Wildman–Crippen MR) is 69.5 cm³/mol. The smallest absolute Gasteiger partial charge is 0.423 e. The number of hydrogen-bond donors (Lipinski definition) is 2. The Balaban J connectivity index is 2.47. The number of nitrogens with zero attached hydrogens (tertiary/aromatic N) is 1. The van der Waals surface area contributed by atoms with Gasteiger partial charge in [0.05, 0.1) is 16.8 Å². The second kappa shape index (κ2) is 5.86. The van der Waals surface area contributed by atoms with Gasteiger partial charge in [-0.1, -0.05) is 12.1 Å². The topological polar surface area (TPSA) is 53.4 Å².